The largest absolute Gasteiger partial charge is 0.356 e. The molecule has 1 saturated heterocycles. The molecule has 22 heavy (non-hydrogen) atoms. The Hall–Kier alpha value is -1.57. The molecule has 1 aliphatic carbocycles. The van der Waals surface area contributed by atoms with Crippen LogP contribution in [0.1, 0.15) is 51.4 Å². The molecule has 0 aromatic rings. The fourth-order valence-electron chi connectivity index (χ4n) is 3.87. The lowest BCUT2D eigenvalue weighted by Crippen LogP contribution is -2.36. The van der Waals surface area contributed by atoms with Crippen LogP contribution >= 0.6 is 0 Å². The highest BCUT2D eigenvalue weighted by atomic mass is 16.1. The van der Waals surface area contributed by atoms with Crippen molar-refractivity contribution in [2.75, 3.05) is 6.54 Å². The Labute approximate surface area is 135 Å². The first kappa shape index (κ1) is 16.8. The molecule has 2 aliphatic rings. The van der Waals surface area contributed by atoms with Crippen LogP contribution in [0.4, 0.5) is 0 Å². The van der Waals surface area contributed by atoms with Gasteiger partial charge in [-0.15, -0.1) is 0 Å². The Bertz CT molecular complexity index is 472. The zero-order valence-electron chi connectivity index (χ0n) is 13.7. The molecular formula is C20H29NO. The molecule has 1 aliphatic heterocycles. The van der Waals surface area contributed by atoms with Gasteiger partial charge >= 0.3 is 0 Å². The minimum absolute atomic E-state index is 0.246. The highest BCUT2D eigenvalue weighted by Gasteiger charge is 2.27. The second-order valence-corrected chi connectivity index (χ2v) is 6.50. The van der Waals surface area contributed by atoms with Crippen molar-refractivity contribution in [2.45, 2.75) is 51.4 Å². The number of carbonyl (C=O) groups is 1. The average Bonchev–Trinajstić information content (AvgIpc) is 2.62. The first-order valence-electron chi connectivity index (χ1n) is 8.65. The smallest absolute Gasteiger partial charge is 0.220 e. The molecule has 1 N–H and O–H groups in total. The molecule has 2 atom stereocenters. The third-order valence-electron chi connectivity index (χ3n) is 5.09. The van der Waals surface area contributed by atoms with Gasteiger partial charge in [0.15, 0.2) is 0 Å². The Morgan fingerprint density at radius 3 is 2.36 bits per heavy atom. The normalized spacial score (nSPS) is 31.0. The van der Waals surface area contributed by atoms with Crippen molar-refractivity contribution in [3.63, 3.8) is 0 Å². The van der Waals surface area contributed by atoms with Crippen LogP contribution in [0.2, 0.25) is 0 Å². The molecular weight excluding hydrogens is 270 g/mol. The summed E-state index contributed by atoms with van der Waals surface area (Å²) in [6, 6.07) is 0. The fraction of sp³-hybridized carbons (Fsp3) is 0.550. The van der Waals surface area contributed by atoms with Gasteiger partial charge in [-0.3, -0.25) is 4.79 Å². The Kier molecular flexibility index (Phi) is 6.70. The number of piperidine rings is 1. The number of carbonyl (C=O) groups excluding carboxylic acids is 1. The quantitative estimate of drug-likeness (QED) is 0.748. The average molecular weight is 299 g/mol. The summed E-state index contributed by atoms with van der Waals surface area (Å²) >= 11 is 0. The topological polar surface area (TPSA) is 29.1 Å². The highest BCUT2D eigenvalue weighted by molar-refractivity contribution is 5.76. The molecule has 0 bridgehead atoms. The van der Waals surface area contributed by atoms with E-state index in [4.69, 9.17) is 0 Å². The molecule has 0 radical (unpaired) electrons. The Balaban J connectivity index is 2.01. The van der Waals surface area contributed by atoms with E-state index in [1.165, 1.54) is 36.8 Å². The van der Waals surface area contributed by atoms with Gasteiger partial charge in [-0.05, 0) is 67.9 Å². The molecule has 1 heterocycles. The number of hydrogen-bond donors (Lipinski definition) is 1. The molecule has 1 amide bonds. The number of nitrogens with one attached hydrogen (secondary N) is 1. The summed E-state index contributed by atoms with van der Waals surface area (Å²) in [6.45, 7) is 8.62. The maximum Gasteiger partial charge on any atom is 0.220 e. The summed E-state index contributed by atoms with van der Waals surface area (Å²) < 4.78 is 0. The number of hydrogen-bond acceptors (Lipinski definition) is 1. The zero-order valence-corrected chi connectivity index (χ0v) is 13.7. The SMILES string of the molecule is C=C/C=C\C1=C(/C=C)CCCC(C2CCNC(=O)C2)CCC1. The van der Waals surface area contributed by atoms with Crippen LogP contribution in [-0.4, -0.2) is 12.5 Å². The standard InChI is InChI=1S/C20H29NO/c1-3-5-8-17-10-7-12-18(11-6-9-16(17)4-2)19-13-14-21-20(22)15-19/h3-5,8,18-19H,1-2,6-7,9-15H2,(H,21,22)/b8-5-,17-16-. The Morgan fingerprint density at radius 1 is 1.00 bits per heavy atom. The van der Waals surface area contributed by atoms with Gasteiger partial charge in [0.1, 0.15) is 0 Å². The molecule has 120 valence electrons. The number of allylic oxidation sites excluding steroid dienone is 6. The van der Waals surface area contributed by atoms with Crippen LogP contribution in [0.15, 0.2) is 48.6 Å². The van der Waals surface area contributed by atoms with Gasteiger partial charge in [0.2, 0.25) is 5.91 Å². The Morgan fingerprint density at radius 2 is 1.73 bits per heavy atom. The van der Waals surface area contributed by atoms with E-state index in [9.17, 15) is 4.79 Å². The lowest BCUT2D eigenvalue weighted by molar-refractivity contribution is -0.124. The van der Waals surface area contributed by atoms with Crippen LogP contribution in [0.25, 0.3) is 0 Å². The number of amides is 1. The summed E-state index contributed by atoms with van der Waals surface area (Å²) in [7, 11) is 0. The molecule has 1 fully saturated rings. The highest BCUT2D eigenvalue weighted by Crippen LogP contribution is 2.34. The van der Waals surface area contributed by atoms with Gasteiger partial charge in [0.05, 0.1) is 0 Å². The van der Waals surface area contributed by atoms with Crippen LogP contribution in [0.3, 0.4) is 0 Å². The zero-order chi connectivity index (χ0) is 15.8. The van der Waals surface area contributed by atoms with Crippen molar-refractivity contribution in [2.24, 2.45) is 11.8 Å². The molecule has 0 spiro atoms. The van der Waals surface area contributed by atoms with Crippen molar-refractivity contribution >= 4 is 5.91 Å². The fourth-order valence-corrected chi connectivity index (χ4v) is 3.87. The van der Waals surface area contributed by atoms with Crippen molar-refractivity contribution in [3.05, 3.63) is 48.6 Å². The van der Waals surface area contributed by atoms with Crippen LogP contribution in [-0.2, 0) is 4.79 Å². The summed E-state index contributed by atoms with van der Waals surface area (Å²) in [4.78, 5) is 11.7. The number of rotatable bonds is 4. The van der Waals surface area contributed by atoms with E-state index in [1.807, 2.05) is 18.2 Å². The van der Waals surface area contributed by atoms with Crippen molar-refractivity contribution in [1.82, 2.24) is 5.32 Å². The van der Waals surface area contributed by atoms with Gasteiger partial charge in [-0.2, -0.15) is 0 Å². The van der Waals surface area contributed by atoms with Gasteiger partial charge < -0.3 is 5.32 Å². The van der Waals surface area contributed by atoms with E-state index < -0.39 is 0 Å². The second kappa shape index (κ2) is 8.77. The first-order valence-corrected chi connectivity index (χ1v) is 8.65. The minimum Gasteiger partial charge on any atom is -0.356 e. The summed E-state index contributed by atoms with van der Waals surface area (Å²) in [5.74, 6) is 1.54. The van der Waals surface area contributed by atoms with E-state index in [0.29, 0.717) is 11.8 Å². The van der Waals surface area contributed by atoms with E-state index in [1.54, 1.807) is 0 Å². The van der Waals surface area contributed by atoms with Gasteiger partial charge in [-0.1, -0.05) is 37.5 Å². The maximum absolute atomic E-state index is 11.7. The third-order valence-corrected chi connectivity index (χ3v) is 5.09. The monoisotopic (exact) mass is 299 g/mol. The summed E-state index contributed by atoms with van der Waals surface area (Å²) in [6.07, 6.45) is 17.1. The van der Waals surface area contributed by atoms with E-state index in [2.05, 4.69) is 24.6 Å². The van der Waals surface area contributed by atoms with Gasteiger partial charge in [0, 0.05) is 13.0 Å². The maximum atomic E-state index is 11.7. The molecule has 2 nitrogen and oxygen atoms in total. The molecule has 2 rings (SSSR count). The summed E-state index contributed by atoms with van der Waals surface area (Å²) in [5.41, 5.74) is 2.80. The van der Waals surface area contributed by atoms with Crippen molar-refractivity contribution < 1.29 is 4.79 Å². The van der Waals surface area contributed by atoms with Gasteiger partial charge in [-0.25, -0.2) is 0 Å². The van der Waals surface area contributed by atoms with E-state index in [-0.39, 0.29) is 5.91 Å². The molecule has 0 saturated carbocycles. The second-order valence-electron chi connectivity index (χ2n) is 6.50. The first-order chi connectivity index (χ1) is 10.7. The lowest BCUT2D eigenvalue weighted by Gasteiger charge is -2.30. The third kappa shape index (κ3) is 4.72. The molecule has 0 aromatic heterocycles. The predicted octanol–water partition coefficient (Wildman–Crippen LogP) is 4.71. The molecule has 0 aromatic carbocycles. The molecule has 2 heteroatoms. The molecule has 2 unspecified atom stereocenters. The summed E-state index contributed by atoms with van der Waals surface area (Å²) in [5, 5.41) is 2.96. The van der Waals surface area contributed by atoms with Crippen molar-refractivity contribution in [1.29, 1.82) is 0 Å². The van der Waals surface area contributed by atoms with Crippen LogP contribution < -0.4 is 5.32 Å². The predicted molar refractivity (Wildman–Crippen MR) is 93.5 cm³/mol. The van der Waals surface area contributed by atoms with Crippen molar-refractivity contribution in [3.8, 4) is 0 Å². The van der Waals surface area contributed by atoms with Crippen LogP contribution in [0.5, 0.6) is 0 Å². The minimum atomic E-state index is 0.246. The van der Waals surface area contributed by atoms with Gasteiger partial charge in [0.25, 0.3) is 0 Å². The van der Waals surface area contributed by atoms with Crippen LogP contribution in [0, 0.1) is 11.8 Å². The van der Waals surface area contributed by atoms with E-state index in [0.717, 1.165) is 32.2 Å². The van der Waals surface area contributed by atoms with E-state index >= 15 is 0 Å². The lowest BCUT2D eigenvalue weighted by atomic mass is 9.79.